The molecule has 0 radical (unpaired) electrons. The van der Waals surface area contributed by atoms with E-state index in [2.05, 4.69) is 6.07 Å². The third-order valence-electron chi connectivity index (χ3n) is 7.01. The number of nitrogens with zero attached hydrogens (tertiary/aromatic N) is 3. The molecule has 166 valence electrons. The van der Waals surface area contributed by atoms with Crippen LogP contribution < -0.4 is 0 Å². The van der Waals surface area contributed by atoms with E-state index in [0.717, 1.165) is 24.8 Å². The highest BCUT2D eigenvalue weighted by molar-refractivity contribution is 5.87. The van der Waals surface area contributed by atoms with Gasteiger partial charge in [0.25, 0.3) is 5.91 Å². The summed E-state index contributed by atoms with van der Waals surface area (Å²) in [6.07, 6.45) is 5.08. The molecule has 1 aliphatic heterocycles. The Morgan fingerprint density at radius 1 is 1.06 bits per heavy atom. The van der Waals surface area contributed by atoms with E-state index in [1.807, 2.05) is 30.3 Å². The topological polar surface area (TPSA) is 90.7 Å². The number of esters is 1. The molecule has 7 heteroatoms. The summed E-state index contributed by atoms with van der Waals surface area (Å²) >= 11 is 0. The minimum Gasteiger partial charge on any atom is -0.455 e. The monoisotopic (exact) mass is 425 g/mol. The third-order valence-corrected chi connectivity index (χ3v) is 7.01. The van der Waals surface area contributed by atoms with Crippen LogP contribution in [0, 0.1) is 11.3 Å². The quantitative estimate of drug-likeness (QED) is 0.677. The number of ether oxygens (including phenoxy) is 1. The largest absolute Gasteiger partial charge is 0.455 e. The number of benzene rings is 1. The average molecular weight is 426 g/mol. The number of carbonyl (C=O) groups excluding carboxylic acids is 3. The van der Waals surface area contributed by atoms with Crippen LogP contribution in [0.15, 0.2) is 30.3 Å². The van der Waals surface area contributed by atoms with Crippen LogP contribution in [0.4, 0.5) is 0 Å². The van der Waals surface area contributed by atoms with Crippen molar-refractivity contribution in [2.24, 2.45) is 0 Å². The normalized spacial score (nSPS) is 19.7. The van der Waals surface area contributed by atoms with E-state index < -0.39 is 16.9 Å². The van der Waals surface area contributed by atoms with Crippen LogP contribution in [-0.2, 0) is 24.5 Å². The molecular formula is C24H31N3O4. The zero-order valence-corrected chi connectivity index (χ0v) is 18.4. The molecule has 1 aliphatic carbocycles. The molecule has 1 aromatic rings. The second-order valence-corrected chi connectivity index (χ2v) is 8.69. The minimum atomic E-state index is -0.885. The molecule has 0 N–H and O–H groups in total. The van der Waals surface area contributed by atoms with Gasteiger partial charge in [-0.15, -0.1) is 0 Å². The van der Waals surface area contributed by atoms with Gasteiger partial charge in [-0.05, 0) is 31.2 Å². The van der Waals surface area contributed by atoms with Gasteiger partial charge in [0.1, 0.15) is 5.54 Å². The van der Waals surface area contributed by atoms with E-state index in [1.165, 1.54) is 11.8 Å². The lowest BCUT2D eigenvalue weighted by Crippen LogP contribution is -2.52. The van der Waals surface area contributed by atoms with E-state index >= 15 is 0 Å². The van der Waals surface area contributed by atoms with Gasteiger partial charge in [0, 0.05) is 27.1 Å². The van der Waals surface area contributed by atoms with Gasteiger partial charge in [-0.25, -0.2) is 0 Å². The first-order chi connectivity index (χ1) is 14.8. The molecule has 2 aliphatic rings. The standard InChI is InChI=1S/C24H31N3O4/c1-19(28)27-15-13-24(14-16-27,20-9-5-3-6-10-20)22(30)31-17-21(29)26(2)23(18-25)11-7-4-8-12-23/h3,5-6,9-10H,4,7-8,11-17H2,1-2H3. The zero-order chi connectivity index (χ0) is 22.5. The average Bonchev–Trinajstić information content (AvgIpc) is 2.82. The summed E-state index contributed by atoms with van der Waals surface area (Å²) in [5.74, 6) is -0.819. The highest BCUT2D eigenvalue weighted by Gasteiger charge is 2.45. The molecule has 0 atom stereocenters. The molecule has 1 saturated heterocycles. The summed E-state index contributed by atoms with van der Waals surface area (Å²) in [5.41, 5.74) is -0.861. The first-order valence-corrected chi connectivity index (χ1v) is 11.0. The molecule has 31 heavy (non-hydrogen) atoms. The van der Waals surface area contributed by atoms with Crippen LogP contribution in [0.3, 0.4) is 0 Å². The van der Waals surface area contributed by atoms with Crippen LogP contribution in [-0.4, -0.2) is 59.9 Å². The second-order valence-electron chi connectivity index (χ2n) is 8.69. The third kappa shape index (κ3) is 4.58. The van der Waals surface area contributed by atoms with Gasteiger partial charge in [0.05, 0.1) is 11.5 Å². The van der Waals surface area contributed by atoms with Crippen LogP contribution >= 0.6 is 0 Å². The van der Waals surface area contributed by atoms with Crippen LogP contribution in [0.2, 0.25) is 0 Å². The van der Waals surface area contributed by atoms with Crippen molar-refractivity contribution >= 4 is 17.8 Å². The molecule has 7 nitrogen and oxygen atoms in total. The number of hydrogen-bond acceptors (Lipinski definition) is 5. The minimum absolute atomic E-state index is 0.0129. The number of rotatable bonds is 5. The maximum atomic E-state index is 13.3. The highest BCUT2D eigenvalue weighted by Crippen LogP contribution is 2.37. The zero-order valence-electron chi connectivity index (χ0n) is 18.4. The summed E-state index contributed by atoms with van der Waals surface area (Å²) in [5, 5.41) is 9.72. The highest BCUT2D eigenvalue weighted by atomic mass is 16.5. The van der Waals surface area contributed by atoms with E-state index in [0.29, 0.717) is 38.8 Å². The fourth-order valence-electron chi connectivity index (χ4n) is 4.83. The fraction of sp³-hybridized carbons (Fsp3) is 0.583. The SMILES string of the molecule is CC(=O)N1CCC(C(=O)OCC(=O)N(C)C2(C#N)CCCCC2)(c2ccccc2)CC1. The molecule has 1 aromatic carbocycles. The van der Waals surface area contributed by atoms with Crippen molar-refractivity contribution in [2.75, 3.05) is 26.7 Å². The maximum absolute atomic E-state index is 13.3. The molecule has 0 unspecified atom stereocenters. The van der Waals surface area contributed by atoms with Crippen molar-refractivity contribution in [1.29, 1.82) is 5.26 Å². The summed E-state index contributed by atoms with van der Waals surface area (Å²) in [6.45, 7) is 2.07. The summed E-state index contributed by atoms with van der Waals surface area (Å²) in [7, 11) is 1.63. The van der Waals surface area contributed by atoms with Gasteiger partial charge in [0.2, 0.25) is 5.91 Å². The lowest BCUT2D eigenvalue weighted by atomic mass is 9.72. The molecule has 0 aromatic heterocycles. The number of carbonyl (C=O) groups is 3. The second kappa shape index (κ2) is 9.51. The van der Waals surface area contributed by atoms with Crippen molar-refractivity contribution in [3.8, 4) is 6.07 Å². The Labute approximate surface area is 183 Å². The summed E-state index contributed by atoms with van der Waals surface area (Å²) in [6, 6.07) is 11.8. The van der Waals surface area contributed by atoms with Crippen molar-refractivity contribution < 1.29 is 19.1 Å². The van der Waals surface area contributed by atoms with E-state index in [9.17, 15) is 19.6 Å². The van der Waals surface area contributed by atoms with Gasteiger partial charge in [-0.2, -0.15) is 5.26 Å². The maximum Gasteiger partial charge on any atom is 0.317 e. The molecule has 2 amide bonds. The van der Waals surface area contributed by atoms with Crippen molar-refractivity contribution in [1.82, 2.24) is 9.80 Å². The Morgan fingerprint density at radius 3 is 2.23 bits per heavy atom. The number of nitriles is 1. The van der Waals surface area contributed by atoms with E-state index in [1.54, 1.807) is 11.9 Å². The fourth-order valence-corrected chi connectivity index (χ4v) is 4.83. The van der Waals surface area contributed by atoms with E-state index in [4.69, 9.17) is 4.74 Å². The van der Waals surface area contributed by atoms with Crippen LogP contribution in [0.5, 0.6) is 0 Å². The number of hydrogen-bond donors (Lipinski definition) is 0. The van der Waals surface area contributed by atoms with Gasteiger partial charge in [-0.1, -0.05) is 49.6 Å². The summed E-state index contributed by atoms with van der Waals surface area (Å²) < 4.78 is 5.56. The lowest BCUT2D eigenvalue weighted by Gasteiger charge is -2.41. The Kier molecular flexibility index (Phi) is 6.99. The predicted molar refractivity (Wildman–Crippen MR) is 115 cm³/mol. The molecule has 1 saturated carbocycles. The molecule has 3 rings (SSSR count). The Balaban J connectivity index is 1.72. The van der Waals surface area contributed by atoms with Crippen LogP contribution in [0.25, 0.3) is 0 Å². The Hall–Kier alpha value is -2.88. The Morgan fingerprint density at radius 2 is 1.68 bits per heavy atom. The lowest BCUT2D eigenvalue weighted by molar-refractivity contribution is -0.160. The molecule has 0 bridgehead atoms. The van der Waals surface area contributed by atoms with Crippen molar-refractivity contribution in [3.63, 3.8) is 0 Å². The first-order valence-electron chi connectivity index (χ1n) is 11.0. The van der Waals surface area contributed by atoms with Gasteiger partial charge in [-0.3, -0.25) is 14.4 Å². The predicted octanol–water partition coefficient (Wildman–Crippen LogP) is 2.79. The number of piperidine rings is 1. The van der Waals surface area contributed by atoms with Gasteiger partial charge < -0.3 is 14.5 Å². The number of likely N-dealkylation sites (tertiary alicyclic amines) is 1. The van der Waals surface area contributed by atoms with Gasteiger partial charge >= 0.3 is 5.97 Å². The van der Waals surface area contributed by atoms with Crippen LogP contribution in [0.1, 0.15) is 57.4 Å². The molecule has 0 spiro atoms. The smallest absolute Gasteiger partial charge is 0.317 e. The van der Waals surface area contributed by atoms with Crippen molar-refractivity contribution in [2.45, 2.75) is 62.8 Å². The van der Waals surface area contributed by atoms with E-state index in [-0.39, 0.29) is 18.4 Å². The Bertz CT molecular complexity index is 847. The number of likely N-dealkylation sites (N-methyl/N-ethyl adjacent to an activating group) is 1. The first kappa shape index (κ1) is 22.8. The van der Waals surface area contributed by atoms with Gasteiger partial charge in [0.15, 0.2) is 6.61 Å². The molecule has 2 fully saturated rings. The molecule has 1 heterocycles. The summed E-state index contributed by atoms with van der Waals surface area (Å²) in [4.78, 5) is 41.1. The van der Waals surface area contributed by atoms with Crippen molar-refractivity contribution in [3.05, 3.63) is 35.9 Å². The number of amides is 2. The molecular weight excluding hydrogens is 394 g/mol.